The number of amides is 1. The van der Waals surface area contributed by atoms with Crippen molar-refractivity contribution in [1.29, 1.82) is 0 Å². The Hall–Kier alpha value is -2.34. The van der Waals surface area contributed by atoms with Crippen LogP contribution in [0.15, 0.2) is 58.1 Å². The van der Waals surface area contributed by atoms with E-state index < -0.39 is 16.1 Å². The molecule has 0 saturated carbocycles. The molecule has 12 heteroatoms. The number of nitrogens with zero attached hydrogens (tertiary/aromatic N) is 2. The highest BCUT2D eigenvalue weighted by atomic mass is 35.5. The van der Waals surface area contributed by atoms with Gasteiger partial charge in [-0.25, -0.2) is 8.42 Å². The van der Waals surface area contributed by atoms with E-state index in [0.717, 1.165) is 16.9 Å². The molecule has 0 fully saturated rings. The zero-order valence-corrected chi connectivity index (χ0v) is 24.9. The molecule has 1 aliphatic heterocycles. The van der Waals surface area contributed by atoms with Gasteiger partial charge < -0.3 is 14.7 Å². The molecule has 39 heavy (non-hydrogen) atoms. The van der Waals surface area contributed by atoms with E-state index >= 15 is 0 Å². The standard InChI is InChI=1S/C27H31Cl2N3O5S2/c1-17-13-32(18(2)16-33)27(34)21-12-20(30-39(35,36)26-5-4-10-38-26)7-9-24(21)37-25(17)15-31(3)14-19-6-8-22(28)23(29)11-19/h4-12,17-18,25,30,33H,13-16H2,1-3H3/t17-,18-,25+/m1/s1. The number of benzene rings is 2. The van der Waals surface area contributed by atoms with E-state index in [0.29, 0.717) is 35.4 Å². The van der Waals surface area contributed by atoms with Gasteiger partial charge >= 0.3 is 0 Å². The van der Waals surface area contributed by atoms with E-state index in [4.69, 9.17) is 27.9 Å². The highest BCUT2D eigenvalue weighted by Crippen LogP contribution is 2.32. The topological polar surface area (TPSA) is 99.2 Å². The minimum atomic E-state index is -3.80. The minimum Gasteiger partial charge on any atom is -0.488 e. The van der Waals surface area contributed by atoms with Crippen LogP contribution in [0.4, 0.5) is 5.69 Å². The first kappa shape index (κ1) is 29.6. The third-order valence-corrected chi connectivity index (χ3v) is 10.1. The predicted molar refractivity (Wildman–Crippen MR) is 156 cm³/mol. The smallest absolute Gasteiger partial charge is 0.271 e. The normalized spacial score (nSPS) is 18.7. The summed E-state index contributed by atoms with van der Waals surface area (Å²) in [4.78, 5) is 17.4. The van der Waals surface area contributed by atoms with Crippen molar-refractivity contribution in [2.45, 2.75) is 36.7 Å². The molecule has 0 spiro atoms. The summed E-state index contributed by atoms with van der Waals surface area (Å²) < 4.78 is 34.7. The number of anilines is 1. The van der Waals surface area contributed by atoms with Crippen molar-refractivity contribution in [3.63, 3.8) is 0 Å². The fraction of sp³-hybridized carbons (Fsp3) is 0.370. The number of aliphatic hydroxyl groups is 1. The molecule has 0 saturated heterocycles. The van der Waals surface area contributed by atoms with Gasteiger partial charge in [0.2, 0.25) is 0 Å². The molecule has 2 aromatic carbocycles. The van der Waals surface area contributed by atoms with Crippen LogP contribution in [0.1, 0.15) is 29.8 Å². The van der Waals surface area contributed by atoms with Crippen molar-refractivity contribution < 1.29 is 23.1 Å². The Balaban J connectivity index is 1.62. The van der Waals surface area contributed by atoms with E-state index in [1.165, 1.54) is 12.1 Å². The van der Waals surface area contributed by atoms with Gasteiger partial charge in [0.25, 0.3) is 15.9 Å². The molecule has 1 amide bonds. The van der Waals surface area contributed by atoms with Crippen LogP contribution in [0, 0.1) is 5.92 Å². The number of halogens is 2. The lowest BCUT2D eigenvalue weighted by molar-refractivity contribution is 0.0341. The number of hydrogen-bond donors (Lipinski definition) is 2. The van der Waals surface area contributed by atoms with Gasteiger partial charge in [0, 0.05) is 31.2 Å². The fourth-order valence-electron chi connectivity index (χ4n) is 4.45. The summed E-state index contributed by atoms with van der Waals surface area (Å²) in [5, 5.41) is 12.6. The molecular weight excluding hydrogens is 581 g/mol. The van der Waals surface area contributed by atoms with Crippen LogP contribution in [-0.2, 0) is 16.6 Å². The molecular formula is C27H31Cl2N3O5S2. The van der Waals surface area contributed by atoms with Crippen LogP contribution in [-0.4, -0.2) is 68.1 Å². The van der Waals surface area contributed by atoms with E-state index in [-0.39, 0.29) is 40.0 Å². The average Bonchev–Trinajstić information content (AvgIpc) is 3.44. The van der Waals surface area contributed by atoms with Crippen molar-refractivity contribution in [2.24, 2.45) is 5.92 Å². The maximum Gasteiger partial charge on any atom is 0.271 e. The highest BCUT2D eigenvalue weighted by Gasteiger charge is 2.33. The SMILES string of the molecule is C[C@@H]1CN([C@H](C)CO)C(=O)c2cc(NS(=O)(=O)c3cccs3)ccc2O[C@H]1CN(C)Cc1ccc(Cl)c(Cl)c1. The summed E-state index contributed by atoms with van der Waals surface area (Å²) in [5.74, 6) is -0.0451. The third-order valence-electron chi connectivity index (χ3n) is 6.61. The van der Waals surface area contributed by atoms with Gasteiger partial charge in [-0.05, 0) is 61.3 Å². The summed E-state index contributed by atoms with van der Waals surface area (Å²) in [7, 11) is -1.83. The lowest BCUT2D eigenvalue weighted by Crippen LogP contribution is -2.49. The molecule has 3 aromatic rings. The molecule has 3 atom stereocenters. The number of carbonyl (C=O) groups excluding carboxylic acids is 1. The maximum absolute atomic E-state index is 13.6. The Bertz CT molecular complexity index is 1420. The molecule has 1 aromatic heterocycles. The number of rotatable bonds is 9. The first-order chi connectivity index (χ1) is 18.5. The molecule has 0 unspecified atom stereocenters. The molecule has 0 radical (unpaired) electrons. The number of fused-ring (bicyclic) bond motifs is 1. The van der Waals surface area contributed by atoms with Crippen molar-refractivity contribution in [3.8, 4) is 5.75 Å². The molecule has 2 heterocycles. The minimum absolute atomic E-state index is 0.0654. The largest absolute Gasteiger partial charge is 0.488 e. The maximum atomic E-state index is 13.6. The molecule has 8 nitrogen and oxygen atoms in total. The van der Waals surface area contributed by atoms with Gasteiger partial charge in [-0.1, -0.05) is 42.3 Å². The summed E-state index contributed by atoms with van der Waals surface area (Å²) in [6, 6.07) is 12.9. The molecule has 210 valence electrons. The van der Waals surface area contributed by atoms with Gasteiger partial charge in [-0.15, -0.1) is 11.3 Å². The van der Waals surface area contributed by atoms with Gasteiger partial charge in [-0.3, -0.25) is 14.4 Å². The van der Waals surface area contributed by atoms with Crippen LogP contribution >= 0.6 is 34.5 Å². The second-order valence-corrected chi connectivity index (χ2v) is 13.5. The van der Waals surface area contributed by atoms with E-state index in [2.05, 4.69) is 9.62 Å². The Morgan fingerprint density at radius 2 is 1.97 bits per heavy atom. The molecule has 0 aliphatic carbocycles. The predicted octanol–water partition coefficient (Wildman–Crippen LogP) is 5.21. The lowest BCUT2D eigenvalue weighted by Gasteiger charge is -2.38. The highest BCUT2D eigenvalue weighted by molar-refractivity contribution is 7.94. The number of thiophene rings is 1. The number of likely N-dealkylation sites (N-methyl/N-ethyl adjacent to an activating group) is 1. The number of carbonyl (C=O) groups is 1. The summed E-state index contributed by atoms with van der Waals surface area (Å²) in [5.41, 5.74) is 1.47. The van der Waals surface area contributed by atoms with Gasteiger partial charge in [0.1, 0.15) is 16.1 Å². The van der Waals surface area contributed by atoms with Crippen molar-refractivity contribution in [3.05, 3.63) is 75.1 Å². The summed E-state index contributed by atoms with van der Waals surface area (Å²) in [6.07, 6.45) is -0.299. The second-order valence-electron chi connectivity index (χ2n) is 9.82. The van der Waals surface area contributed by atoms with Crippen LogP contribution in [0.2, 0.25) is 10.0 Å². The Morgan fingerprint density at radius 3 is 2.64 bits per heavy atom. The molecule has 4 rings (SSSR count). The van der Waals surface area contributed by atoms with Crippen LogP contribution in [0.5, 0.6) is 5.75 Å². The van der Waals surface area contributed by atoms with E-state index in [1.54, 1.807) is 41.5 Å². The van der Waals surface area contributed by atoms with Crippen LogP contribution < -0.4 is 9.46 Å². The Kier molecular flexibility index (Phi) is 9.46. The molecule has 2 N–H and O–H groups in total. The molecule has 0 bridgehead atoms. The monoisotopic (exact) mass is 611 g/mol. The number of ether oxygens (including phenoxy) is 1. The first-order valence-corrected chi connectivity index (χ1v) is 15.5. The first-order valence-electron chi connectivity index (χ1n) is 12.4. The van der Waals surface area contributed by atoms with Gasteiger partial charge in [-0.2, -0.15) is 0 Å². The number of nitrogens with one attached hydrogen (secondary N) is 1. The quantitative estimate of drug-likeness (QED) is 0.345. The summed E-state index contributed by atoms with van der Waals surface area (Å²) in [6.45, 7) is 5.09. The Labute approximate surface area is 243 Å². The van der Waals surface area contributed by atoms with Crippen LogP contribution in [0.25, 0.3) is 0 Å². The lowest BCUT2D eigenvalue weighted by atomic mass is 9.99. The Morgan fingerprint density at radius 1 is 1.21 bits per heavy atom. The summed E-state index contributed by atoms with van der Waals surface area (Å²) >= 11 is 13.3. The van der Waals surface area contributed by atoms with Gasteiger partial charge in [0.15, 0.2) is 0 Å². The van der Waals surface area contributed by atoms with Crippen molar-refractivity contribution in [1.82, 2.24) is 9.80 Å². The number of hydrogen-bond acceptors (Lipinski definition) is 7. The van der Waals surface area contributed by atoms with E-state index in [1.807, 2.05) is 26.1 Å². The van der Waals surface area contributed by atoms with Crippen LogP contribution in [0.3, 0.4) is 0 Å². The second kappa shape index (κ2) is 12.4. The number of aliphatic hydroxyl groups excluding tert-OH is 1. The zero-order valence-electron chi connectivity index (χ0n) is 21.8. The van der Waals surface area contributed by atoms with Crippen molar-refractivity contribution >= 4 is 56.2 Å². The zero-order chi connectivity index (χ0) is 28.3. The van der Waals surface area contributed by atoms with E-state index in [9.17, 15) is 18.3 Å². The van der Waals surface area contributed by atoms with Crippen molar-refractivity contribution in [2.75, 3.05) is 31.5 Å². The molecule has 1 aliphatic rings. The fourth-order valence-corrected chi connectivity index (χ4v) is 6.81. The number of sulfonamides is 1. The average molecular weight is 613 g/mol. The van der Waals surface area contributed by atoms with Gasteiger partial charge in [0.05, 0.1) is 28.3 Å². The third kappa shape index (κ3) is 7.06.